The molecule has 67 heavy (non-hydrogen) atoms. The third kappa shape index (κ3) is 19.0. The fourth-order valence-corrected chi connectivity index (χ4v) is 7.45. The lowest BCUT2D eigenvalue weighted by Crippen LogP contribution is -2.63. The third-order valence-electron chi connectivity index (χ3n) is 11.6. The molecule has 0 spiro atoms. The molecule has 20 heteroatoms. The van der Waals surface area contributed by atoms with Crippen LogP contribution < -0.4 is 15.2 Å². The Labute approximate surface area is 395 Å². The Morgan fingerprint density at radius 3 is 1.81 bits per heavy atom. The second-order valence-electron chi connectivity index (χ2n) is 18.0. The number of unbranched alkanes of at least 4 members (excludes halogenated alkanes) is 8. The van der Waals surface area contributed by atoms with Crippen molar-refractivity contribution < 1.29 is 78.1 Å². The Kier molecular flexibility index (Phi) is 25.7. The molecular formula is C47H80N4O16. The lowest BCUT2D eigenvalue weighted by atomic mass is 9.94. The summed E-state index contributed by atoms with van der Waals surface area (Å²) in [6, 6.07) is 4.75. The zero-order valence-corrected chi connectivity index (χ0v) is 40.0. The molecule has 2 saturated heterocycles. The van der Waals surface area contributed by atoms with Gasteiger partial charge in [-0.25, -0.2) is 9.48 Å². The number of aliphatic hydroxyl groups is 6. The van der Waals surface area contributed by atoms with Gasteiger partial charge in [0, 0.05) is 24.7 Å². The molecule has 11 atom stereocenters. The normalized spacial score (nSPS) is 26.3. The smallest absolute Gasteiger partial charge is 0.338 e. The lowest BCUT2D eigenvalue weighted by molar-refractivity contribution is -0.375. The van der Waals surface area contributed by atoms with E-state index in [1.54, 1.807) is 12.3 Å². The van der Waals surface area contributed by atoms with Crippen LogP contribution in [-0.2, 0) is 46.3 Å². The van der Waals surface area contributed by atoms with E-state index in [-0.39, 0.29) is 18.7 Å². The first-order valence-electron chi connectivity index (χ1n) is 24.3. The van der Waals surface area contributed by atoms with Crippen molar-refractivity contribution in [2.75, 3.05) is 59.4 Å². The lowest BCUT2D eigenvalue weighted by Gasteiger charge is -2.44. The van der Waals surface area contributed by atoms with Crippen LogP contribution in [0.15, 0.2) is 24.4 Å². The van der Waals surface area contributed by atoms with Gasteiger partial charge in [-0.05, 0) is 50.8 Å². The Balaban J connectivity index is 1.33. The number of hydrogen-bond acceptors (Lipinski definition) is 19. The summed E-state index contributed by atoms with van der Waals surface area (Å²) in [5.41, 5.74) is 5.78. The van der Waals surface area contributed by atoms with Crippen LogP contribution in [0.2, 0.25) is 0 Å². The van der Waals surface area contributed by atoms with Crippen LogP contribution in [0.3, 0.4) is 0 Å². The van der Waals surface area contributed by atoms with Crippen molar-refractivity contribution in [3.8, 4) is 11.5 Å². The number of esters is 1. The van der Waals surface area contributed by atoms with Gasteiger partial charge in [-0.3, -0.25) is 0 Å². The highest BCUT2D eigenvalue weighted by atomic mass is 16.8. The first-order valence-corrected chi connectivity index (χ1v) is 24.3. The minimum absolute atomic E-state index is 0.112. The number of hydrogen-bond donors (Lipinski definition) is 7. The fourth-order valence-electron chi connectivity index (χ4n) is 7.45. The standard InChI is InChI=1S/C47H80N4O16/c1-5-8-14-20-62-34-22-32(23-35(24-34)63-21-15-9-6-2)44(58)64-28-37-39(53)41(55)43(57)46(66-37)67-45-42(56)40(54)38(52)36(65-45)26-51-25-33(49-50-51)27-61-31-47(4,29-59-18-10-7-3)30-60-19-16-12-11-13-17-48/h22-25,36-43,45-46,52-57H,5-21,26-31,48H2,1-4H3/t36-,37?,38-,39-,40?,41?,42?,43?,45-,46+,47?/m1/s1. The maximum absolute atomic E-state index is 13.4. The molecule has 2 aliphatic rings. The second-order valence-corrected chi connectivity index (χ2v) is 18.0. The van der Waals surface area contributed by atoms with Gasteiger partial charge in [-0.1, -0.05) is 77.9 Å². The van der Waals surface area contributed by atoms with Crippen LogP contribution in [0.25, 0.3) is 0 Å². The van der Waals surface area contributed by atoms with Crippen molar-refractivity contribution in [2.24, 2.45) is 11.1 Å². The minimum Gasteiger partial charge on any atom is -0.493 e. The van der Waals surface area contributed by atoms with Crippen LogP contribution in [0.1, 0.15) is 121 Å². The highest BCUT2D eigenvalue weighted by Gasteiger charge is 2.50. The predicted octanol–water partition coefficient (Wildman–Crippen LogP) is 2.78. The van der Waals surface area contributed by atoms with Gasteiger partial charge < -0.3 is 79.0 Å². The Hall–Kier alpha value is -3.09. The van der Waals surface area contributed by atoms with E-state index in [2.05, 4.69) is 31.1 Å². The topological polar surface area (TPSA) is 278 Å². The summed E-state index contributed by atoms with van der Waals surface area (Å²) in [6.07, 6.45) is -3.42. The second kappa shape index (κ2) is 30.5. The summed E-state index contributed by atoms with van der Waals surface area (Å²) in [5.74, 6) is 0.0512. The molecule has 3 heterocycles. The number of nitrogens with zero attached hydrogens (tertiary/aromatic N) is 3. The van der Waals surface area contributed by atoms with Crippen molar-refractivity contribution in [1.29, 1.82) is 0 Å². The highest BCUT2D eigenvalue weighted by molar-refractivity contribution is 5.90. The van der Waals surface area contributed by atoms with Gasteiger partial charge >= 0.3 is 5.97 Å². The summed E-state index contributed by atoms with van der Waals surface area (Å²) >= 11 is 0. The number of nitrogens with two attached hydrogens (primary N) is 1. The Morgan fingerprint density at radius 1 is 0.672 bits per heavy atom. The molecule has 0 radical (unpaired) electrons. The monoisotopic (exact) mass is 957 g/mol. The van der Waals surface area contributed by atoms with E-state index >= 15 is 0 Å². The van der Waals surface area contributed by atoms with Gasteiger partial charge in [0.2, 0.25) is 0 Å². The van der Waals surface area contributed by atoms with E-state index in [0.717, 1.165) is 77.0 Å². The average Bonchev–Trinajstić information content (AvgIpc) is 3.77. The number of rotatable bonds is 34. The summed E-state index contributed by atoms with van der Waals surface area (Å²) in [7, 11) is 0. The molecular weight excluding hydrogens is 877 g/mol. The molecule has 2 aromatic rings. The van der Waals surface area contributed by atoms with Crippen LogP contribution in [0.5, 0.6) is 11.5 Å². The van der Waals surface area contributed by atoms with Crippen molar-refractivity contribution in [3.63, 3.8) is 0 Å². The van der Waals surface area contributed by atoms with E-state index in [1.807, 2.05) is 6.92 Å². The van der Waals surface area contributed by atoms with Crippen molar-refractivity contribution in [2.45, 2.75) is 179 Å². The zero-order chi connectivity index (χ0) is 48.6. The Morgan fingerprint density at radius 2 is 1.21 bits per heavy atom. The van der Waals surface area contributed by atoms with Gasteiger partial charge in [-0.15, -0.1) is 5.10 Å². The molecule has 0 bridgehead atoms. The Bertz CT molecular complexity index is 1630. The summed E-state index contributed by atoms with van der Waals surface area (Å²) in [5, 5.41) is 73.4. The highest BCUT2D eigenvalue weighted by Crippen LogP contribution is 2.30. The molecule has 0 saturated carbocycles. The maximum Gasteiger partial charge on any atom is 0.338 e. The van der Waals surface area contributed by atoms with Crippen molar-refractivity contribution >= 4 is 5.97 Å². The van der Waals surface area contributed by atoms with Crippen LogP contribution in [0.4, 0.5) is 0 Å². The van der Waals surface area contributed by atoms with E-state index in [1.165, 1.54) is 16.8 Å². The first-order chi connectivity index (χ1) is 32.3. The number of ether oxygens (including phenoxy) is 9. The number of aliphatic hydroxyl groups excluding tert-OH is 6. The summed E-state index contributed by atoms with van der Waals surface area (Å²) in [6.45, 7) is 11.8. The van der Waals surface area contributed by atoms with Gasteiger partial charge in [0.1, 0.15) is 72.6 Å². The number of benzene rings is 1. The fraction of sp³-hybridized carbons (Fsp3) is 0.809. The number of carbonyl (C=O) groups excluding carboxylic acids is 1. The van der Waals surface area contributed by atoms with E-state index in [9.17, 15) is 35.4 Å². The molecule has 20 nitrogen and oxygen atoms in total. The molecule has 1 aromatic heterocycles. The summed E-state index contributed by atoms with van der Waals surface area (Å²) in [4.78, 5) is 13.4. The van der Waals surface area contributed by atoms with Gasteiger partial charge in [0.05, 0.1) is 57.9 Å². The minimum atomic E-state index is -1.87. The SMILES string of the molecule is CCCCCOc1cc(OCCCCC)cc(C(=O)OCC2O[C@@H](O[C@H]3O[C@H](Cn4cc(COCC(C)(COCCCC)COCCCCCCN)nn4)[C@@H](O)C(O)C3O)C(O)C(O)[C@@H]2O)c1. The summed E-state index contributed by atoms with van der Waals surface area (Å²) < 4.78 is 54.1. The van der Waals surface area contributed by atoms with E-state index in [4.69, 9.17) is 48.4 Å². The first kappa shape index (κ1) is 56.5. The molecule has 2 fully saturated rings. The molecule has 0 aliphatic carbocycles. The molecule has 1 aromatic carbocycles. The van der Waals surface area contributed by atoms with Crippen LogP contribution in [0, 0.1) is 5.41 Å². The van der Waals surface area contributed by atoms with E-state index < -0.39 is 79.4 Å². The molecule has 6 unspecified atom stereocenters. The largest absolute Gasteiger partial charge is 0.493 e. The van der Waals surface area contributed by atoms with Gasteiger partial charge in [-0.2, -0.15) is 0 Å². The van der Waals surface area contributed by atoms with Crippen molar-refractivity contribution in [3.05, 3.63) is 35.7 Å². The van der Waals surface area contributed by atoms with Gasteiger partial charge in [0.15, 0.2) is 12.6 Å². The molecule has 8 N–H and O–H groups in total. The average molecular weight is 957 g/mol. The number of carbonyl (C=O) groups is 1. The van der Waals surface area contributed by atoms with Crippen LogP contribution >= 0.6 is 0 Å². The molecule has 4 rings (SSSR count). The van der Waals surface area contributed by atoms with Crippen LogP contribution in [-0.4, -0.2) is 172 Å². The van der Waals surface area contributed by atoms with Crippen molar-refractivity contribution in [1.82, 2.24) is 15.0 Å². The maximum atomic E-state index is 13.4. The quantitative estimate of drug-likeness (QED) is 0.0392. The van der Waals surface area contributed by atoms with Gasteiger partial charge in [0.25, 0.3) is 0 Å². The number of aromatic nitrogens is 3. The third-order valence-corrected chi connectivity index (χ3v) is 11.6. The van der Waals surface area contributed by atoms with E-state index in [0.29, 0.717) is 70.0 Å². The zero-order valence-electron chi connectivity index (χ0n) is 40.0. The molecule has 384 valence electrons. The molecule has 0 amide bonds. The molecule has 2 aliphatic heterocycles. The predicted molar refractivity (Wildman–Crippen MR) is 243 cm³/mol.